The summed E-state index contributed by atoms with van der Waals surface area (Å²) < 4.78 is 0. The lowest BCUT2D eigenvalue weighted by Gasteiger charge is -1.90. The highest BCUT2D eigenvalue weighted by molar-refractivity contribution is 8.11. The van der Waals surface area contributed by atoms with Crippen molar-refractivity contribution in [1.29, 1.82) is 0 Å². The van der Waals surface area contributed by atoms with Crippen molar-refractivity contribution in [3.8, 4) is 0 Å². The van der Waals surface area contributed by atoms with Gasteiger partial charge in [0.15, 0.2) is 5.88 Å². The number of carbonyl (C=O) groups excluding carboxylic acids is 1. The summed E-state index contributed by atoms with van der Waals surface area (Å²) >= 11 is 5.36. The number of carbonyl (C=O) groups is 1. The van der Waals surface area contributed by atoms with Crippen LogP contribution in [0.2, 0.25) is 0 Å². The molecule has 0 aromatic carbocycles. The van der Waals surface area contributed by atoms with E-state index < -0.39 is 0 Å². The Morgan fingerprint density at radius 2 is 2.56 bits per heavy atom. The van der Waals surface area contributed by atoms with Crippen molar-refractivity contribution in [2.75, 3.05) is 24.1 Å². The van der Waals surface area contributed by atoms with E-state index in [-0.39, 0.29) is 21.9 Å². The zero-order chi connectivity index (χ0) is 6.69. The second-order valence-corrected chi connectivity index (χ2v) is 4.25. The molecule has 0 aromatic rings. The van der Waals surface area contributed by atoms with Gasteiger partial charge in [0.05, 0.1) is 10.9 Å². The van der Waals surface area contributed by atoms with E-state index in [9.17, 15) is 4.79 Å². The SMILES string of the molecule is O=C(CCl)[S+]1CCNC1. The van der Waals surface area contributed by atoms with Crippen LogP contribution in [-0.4, -0.2) is 29.2 Å². The molecule has 0 saturated carbocycles. The molecule has 1 heterocycles. The first-order valence-corrected chi connectivity index (χ1v) is 4.91. The minimum absolute atomic E-state index is 0.0540. The van der Waals surface area contributed by atoms with Crippen molar-refractivity contribution in [3.63, 3.8) is 0 Å². The number of alkyl halides is 1. The Kier molecular flexibility index (Phi) is 2.82. The van der Waals surface area contributed by atoms with E-state index in [4.69, 9.17) is 11.6 Å². The van der Waals surface area contributed by atoms with Crippen LogP contribution in [0.25, 0.3) is 0 Å². The quantitative estimate of drug-likeness (QED) is 0.437. The van der Waals surface area contributed by atoms with Crippen LogP contribution in [0.15, 0.2) is 0 Å². The third-order valence-electron chi connectivity index (χ3n) is 1.23. The van der Waals surface area contributed by atoms with Gasteiger partial charge in [0, 0.05) is 6.54 Å². The minimum Gasteiger partial charge on any atom is -0.270 e. The molecule has 1 fully saturated rings. The van der Waals surface area contributed by atoms with Crippen molar-refractivity contribution in [2.45, 2.75) is 0 Å². The van der Waals surface area contributed by atoms with Gasteiger partial charge in [-0.2, -0.15) is 0 Å². The van der Waals surface area contributed by atoms with Crippen LogP contribution in [0.4, 0.5) is 0 Å². The van der Waals surface area contributed by atoms with Crippen LogP contribution >= 0.6 is 11.6 Å². The predicted molar refractivity (Wildman–Crippen MR) is 40.8 cm³/mol. The minimum atomic E-state index is -0.0540. The van der Waals surface area contributed by atoms with Crippen LogP contribution < -0.4 is 5.32 Å². The molecule has 1 saturated heterocycles. The molecule has 0 aromatic heterocycles. The molecule has 0 amide bonds. The van der Waals surface area contributed by atoms with Crippen molar-refractivity contribution < 1.29 is 4.79 Å². The molecular weight excluding hydrogens is 158 g/mol. The van der Waals surface area contributed by atoms with Crippen LogP contribution in [0.5, 0.6) is 0 Å². The van der Waals surface area contributed by atoms with Gasteiger partial charge in [0.25, 0.3) is 0 Å². The molecule has 1 atom stereocenters. The van der Waals surface area contributed by atoms with E-state index in [0.29, 0.717) is 0 Å². The lowest BCUT2D eigenvalue weighted by Crippen LogP contribution is -2.20. The Labute approximate surface area is 62.3 Å². The Bertz CT molecular complexity index is 114. The Morgan fingerprint density at radius 1 is 1.78 bits per heavy atom. The first-order valence-electron chi connectivity index (χ1n) is 2.81. The molecule has 1 aliphatic rings. The van der Waals surface area contributed by atoms with E-state index >= 15 is 0 Å². The maximum Gasteiger partial charge on any atom is 0.347 e. The average Bonchev–Trinajstić information content (AvgIpc) is 2.37. The largest absolute Gasteiger partial charge is 0.347 e. The highest BCUT2D eigenvalue weighted by Gasteiger charge is 2.31. The van der Waals surface area contributed by atoms with Crippen molar-refractivity contribution in [2.24, 2.45) is 0 Å². The molecule has 1 N–H and O–H groups in total. The monoisotopic (exact) mass is 166 g/mol. The highest BCUT2D eigenvalue weighted by atomic mass is 35.5. The van der Waals surface area contributed by atoms with Crippen LogP contribution in [0.1, 0.15) is 0 Å². The standard InChI is InChI=1S/C5H9ClNOS/c6-3-5(8)9-2-1-7-4-9/h7H,1-4H2/q+1. The first-order chi connectivity index (χ1) is 4.34. The topological polar surface area (TPSA) is 29.1 Å². The van der Waals surface area contributed by atoms with E-state index in [1.165, 1.54) is 0 Å². The molecule has 0 aliphatic carbocycles. The van der Waals surface area contributed by atoms with Gasteiger partial charge in [-0.15, -0.1) is 11.6 Å². The second kappa shape index (κ2) is 3.44. The van der Waals surface area contributed by atoms with Gasteiger partial charge in [0.1, 0.15) is 11.6 Å². The Balaban J connectivity index is 2.32. The summed E-state index contributed by atoms with van der Waals surface area (Å²) in [5.41, 5.74) is 0. The van der Waals surface area contributed by atoms with Gasteiger partial charge in [-0.05, 0) is 0 Å². The summed E-state index contributed by atoms with van der Waals surface area (Å²) in [6.45, 7) is 0.978. The molecule has 0 radical (unpaired) electrons. The summed E-state index contributed by atoms with van der Waals surface area (Å²) in [4.78, 5) is 10.9. The van der Waals surface area contributed by atoms with Gasteiger partial charge in [-0.3, -0.25) is 5.32 Å². The second-order valence-electron chi connectivity index (χ2n) is 1.85. The van der Waals surface area contributed by atoms with E-state index in [1.54, 1.807) is 0 Å². The molecule has 0 bridgehead atoms. The molecule has 1 aliphatic heterocycles. The van der Waals surface area contributed by atoms with Gasteiger partial charge < -0.3 is 0 Å². The molecule has 9 heavy (non-hydrogen) atoms. The fraction of sp³-hybridized carbons (Fsp3) is 0.800. The zero-order valence-corrected chi connectivity index (χ0v) is 6.60. The summed E-state index contributed by atoms with van der Waals surface area (Å²) in [6.07, 6.45) is 0. The summed E-state index contributed by atoms with van der Waals surface area (Å²) in [5.74, 6) is 2.03. The van der Waals surface area contributed by atoms with Gasteiger partial charge in [-0.25, -0.2) is 4.79 Å². The number of nitrogens with one attached hydrogen (secondary N) is 1. The third-order valence-corrected chi connectivity index (χ3v) is 3.67. The first kappa shape index (κ1) is 7.38. The smallest absolute Gasteiger partial charge is 0.270 e. The van der Waals surface area contributed by atoms with Crippen molar-refractivity contribution in [1.82, 2.24) is 5.32 Å². The number of rotatable bonds is 1. The molecule has 1 rings (SSSR count). The molecule has 1 unspecified atom stereocenters. The van der Waals surface area contributed by atoms with Crippen molar-refractivity contribution >= 4 is 27.6 Å². The van der Waals surface area contributed by atoms with Crippen LogP contribution in [0.3, 0.4) is 0 Å². The summed E-state index contributed by atoms with van der Waals surface area (Å²) in [7, 11) is -0.0540. The van der Waals surface area contributed by atoms with Crippen LogP contribution in [0, 0.1) is 0 Å². The lowest BCUT2D eigenvalue weighted by molar-refractivity contribution is -0.109. The van der Waals surface area contributed by atoms with E-state index in [2.05, 4.69) is 5.32 Å². The number of hydrogen-bond acceptors (Lipinski definition) is 2. The summed E-state index contributed by atoms with van der Waals surface area (Å²) in [6, 6.07) is 0. The molecule has 2 nitrogen and oxygen atoms in total. The summed E-state index contributed by atoms with van der Waals surface area (Å²) in [5, 5.41) is 3.33. The predicted octanol–water partition coefficient (Wildman–Crippen LogP) is -0.0692. The van der Waals surface area contributed by atoms with Gasteiger partial charge in [0.2, 0.25) is 0 Å². The van der Waals surface area contributed by atoms with Crippen LogP contribution in [-0.2, 0) is 15.7 Å². The zero-order valence-electron chi connectivity index (χ0n) is 5.02. The van der Waals surface area contributed by atoms with E-state index in [0.717, 1.165) is 18.2 Å². The maximum absolute atomic E-state index is 10.9. The van der Waals surface area contributed by atoms with Gasteiger partial charge >= 0.3 is 5.12 Å². The van der Waals surface area contributed by atoms with Gasteiger partial charge in [-0.1, -0.05) is 0 Å². The maximum atomic E-state index is 10.9. The molecular formula is C5H9ClNOS+. The van der Waals surface area contributed by atoms with Crippen molar-refractivity contribution in [3.05, 3.63) is 0 Å². The molecule has 4 heteroatoms. The fourth-order valence-corrected chi connectivity index (χ4v) is 2.67. The fourth-order valence-electron chi connectivity index (χ4n) is 0.734. The number of hydrogen-bond donors (Lipinski definition) is 1. The Morgan fingerprint density at radius 3 is 3.00 bits per heavy atom. The normalized spacial score (nSPS) is 26.6. The third kappa shape index (κ3) is 1.85. The molecule has 52 valence electrons. The molecule has 0 spiro atoms. The number of halogens is 1. The lowest BCUT2D eigenvalue weighted by atomic mass is 10.8. The van der Waals surface area contributed by atoms with E-state index in [1.807, 2.05) is 0 Å². The Hall–Kier alpha value is 0.270. The highest BCUT2D eigenvalue weighted by Crippen LogP contribution is 2.02. The average molecular weight is 167 g/mol.